The van der Waals surface area contributed by atoms with Crippen LogP contribution in [0.2, 0.25) is 0 Å². The molecule has 0 radical (unpaired) electrons. The van der Waals surface area contributed by atoms with Gasteiger partial charge in [-0.25, -0.2) is 0 Å². The van der Waals surface area contributed by atoms with Crippen molar-refractivity contribution in [2.75, 3.05) is 19.0 Å². The van der Waals surface area contributed by atoms with E-state index in [1.54, 1.807) is 13.3 Å². The summed E-state index contributed by atoms with van der Waals surface area (Å²) in [4.78, 5) is 19.6. The highest BCUT2D eigenvalue weighted by atomic mass is 32.1. The Morgan fingerprint density at radius 3 is 2.58 bits per heavy atom. The molecule has 2 atom stereocenters. The summed E-state index contributed by atoms with van der Waals surface area (Å²) >= 11 is 5.78. The third kappa shape index (κ3) is 4.81. The molecule has 4 aromatic rings. The van der Waals surface area contributed by atoms with Gasteiger partial charge in [-0.2, -0.15) is 0 Å². The number of anilines is 1. The lowest BCUT2D eigenvalue weighted by molar-refractivity contribution is -0.116. The van der Waals surface area contributed by atoms with E-state index in [1.165, 1.54) is 0 Å². The van der Waals surface area contributed by atoms with E-state index in [-0.39, 0.29) is 24.4 Å². The number of carbonyl (C=O) groups excluding carboxylic acids is 1. The fourth-order valence-electron chi connectivity index (χ4n) is 4.61. The number of methoxy groups -OCH3 is 1. The lowest BCUT2D eigenvalue weighted by Gasteiger charge is -2.29. The second-order valence-corrected chi connectivity index (χ2v) is 8.84. The molecule has 5 rings (SSSR count). The molecule has 2 aromatic carbocycles. The summed E-state index contributed by atoms with van der Waals surface area (Å²) in [6, 6.07) is 27.3. The average Bonchev–Trinajstić information content (AvgIpc) is 3.53. The number of thiocarbonyl (C=S) groups is 1. The SMILES string of the molecule is COc1ccccc1NC(=O)CCN1C(=S)NC(c2ccccn2)C1c1cccn1-c1ccccc1. The Labute approximate surface area is 215 Å². The van der Waals surface area contributed by atoms with Crippen LogP contribution in [0.15, 0.2) is 97.3 Å². The number of rotatable bonds is 8. The molecule has 0 saturated carbocycles. The Balaban J connectivity index is 1.43. The molecular formula is C28H27N5O2S. The van der Waals surface area contributed by atoms with Crippen LogP contribution in [0.25, 0.3) is 5.69 Å². The zero-order valence-electron chi connectivity index (χ0n) is 19.9. The average molecular weight is 498 g/mol. The quantitative estimate of drug-likeness (QED) is 0.338. The monoisotopic (exact) mass is 497 g/mol. The first-order valence-electron chi connectivity index (χ1n) is 11.8. The third-order valence-corrected chi connectivity index (χ3v) is 6.63. The van der Waals surface area contributed by atoms with Crippen LogP contribution in [0, 0.1) is 0 Å². The fourth-order valence-corrected chi connectivity index (χ4v) is 4.94. The van der Waals surface area contributed by atoms with E-state index in [0.29, 0.717) is 23.1 Å². The number of hydrogen-bond acceptors (Lipinski definition) is 4. The van der Waals surface area contributed by atoms with Crippen LogP contribution in [0.3, 0.4) is 0 Å². The van der Waals surface area contributed by atoms with Gasteiger partial charge in [0, 0.05) is 36.7 Å². The number of nitrogens with one attached hydrogen (secondary N) is 2. The highest BCUT2D eigenvalue weighted by Crippen LogP contribution is 2.39. The topological polar surface area (TPSA) is 71.4 Å². The van der Waals surface area contributed by atoms with Gasteiger partial charge in [0.25, 0.3) is 0 Å². The summed E-state index contributed by atoms with van der Waals surface area (Å²) < 4.78 is 7.52. The lowest BCUT2D eigenvalue weighted by atomic mass is 10.0. The van der Waals surface area contributed by atoms with E-state index < -0.39 is 0 Å². The standard InChI is InChI=1S/C28H27N5O2S/c1-35-24-15-6-5-12-21(24)30-25(34)16-19-33-27(26(31-28(33)36)22-13-7-8-17-29-22)23-14-9-18-32(23)20-10-3-2-4-11-20/h2-15,17-18,26-27H,16,19H2,1H3,(H,30,34)(H,31,36). The molecule has 1 aliphatic heterocycles. The van der Waals surface area contributed by atoms with Crippen LogP contribution in [0.4, 0.5) is 5.69 Å². The Morgan fingerprint density at radius 1 is 1.03 bits per heavy atom. The minimum absolute atomic E-state index is 0.110. The Morgan fingerprint density at radius 2 is 1.81 bits per heavy atom. The van der Waals surface area contributed by atoms with E-state index >= 15 is 0 Å². The van der Waals surface area contributed by atoms with Crippen molar-refractivity contribution in [3.63, 3.8) is 0 Å². The van der Waals surface area contributed by atoms with E-state index in [1.807, 2.05) is 72.9 Å². The maximum atomic E-state index is 12.9. The number of nitrogens with zero attached hydrogens (tertiary/aromatic N) is 3. The highest BCUT2D eigenvalue weighted by molar-refractivity contribution is 7.80. The molecule has 1 amide bonds. The van der Waals surface area contributed by atoms with Crippen molar-refractivity contribution in [1.29, 1.82) is 0 Å². The van der Waals surface area contributed by atoms with E-state index in [2.05, 4.69) is 43.3 Å². The van der Waals surface area contributed by atoms with Gasteiger partial charge in [-0.15, -0.1) is 0 Å². The number of ether oxygens (including phenoxy) is 1. The molecule has 2 unspecified atom stereocenters. The minimum Gasteiger partial charge on any atom is -0.495 e. The van der Waals surface area contributed by atoms with Crippen LogP contribution in [-0.4, -0.2) is 39.1 Å². The fraction of sp³-hybridized carbons (Fsp3) is 0.179. The van der Waals surface area contributed by atoms with Gasteiger partial charge in [0.05, 0.1) is 30.6 Å². The number of para-hydroxylation sites is 3. The molecule has 8 heteroatoms. The first-order valence-corrected chi connectivity index (χ1v) is 12.2. The molecule has 2 N–H and O–H groups in total. The van der Waals surface area contributed by atoms with Gasteiger partial charge in [-0.05, 0) is 60.7 Å². The number of benzene rings is 2. The predicted molar refractivity (Wildman–Crippen MR) is 144 cm³/mol. The molecule has 1 saturated heterocycles. The van der Waals surface area contributed by atoms with Crippen molar-refractivity contribution in [1.82, 2.24) is 19.8 Å². The van der Waals surface area contributed by atoms with Crippen molar-refractivity contribution in [3.8, 4) is 11.4 Å². The van der Waals surface area contributed by atoms with Crippen molar-refractivity contribution >= 4 is 28.9 Å². The molecular weight excluding hydrogens is 470 g/mol. The number of pyridine rings is 1. The van der Waals surface area contributed by atoms with Gasteiger partial charge >= 0.3 is 0 Å². The number of hydrogen-bond donors (Lipinski definition) is 2. The molecule has 3 heterocycles. The zero-order valence-corrected chi connectivity index (χ0v) is 20.7. The van der Waals surface area contributed by atoms with Gasteiger partial charge in [-0.3, -0.25) is 9.78 Å². The van der Waals surface area contributed by atoms with Crippen molar-refractivity contribution in [2.45, 2.75) is 18.5 Å². The van der Waals surface area contributed by atoms with Gasteiger partial charge in [0.1, 0.15) is 5.75 Å². The van der Waals surface area contributed by atoms with Crippen molar-refractivity contribution in [2.24, 2.45) is 0 Å². The van der Waals surface area contributed by atoms with Crippen molar-refractivity contribution in [3.05, 3.63) is 109 Å². The van der Waals surface area contributed by atoms with E-state index in [4.69, 9.17) is 17.0 Å². The lowest BCUT2D eigenvalue weighted by Crippen LogP contribution is -2.33. The maximum absolute atomic E-state index is 12.9. The molecule has 1 fully saturated rings. The number of aromatic nitrogens is 2. The molecule has 0 spiro atoms. The minimum atomic E-state index is -0.159. The Bertz CT molecular complexity index is 1340. The summed E-state index contributed by atoms with van der Waals surface area (Å²) in [6.45, 7) is 0.445. The normalized spacial score (nSPS) is 17.0. The molecule has 7 nitrogen and oxygen atoms in total. The zero-order chi connectivity index (χ0) is 24.9. The summed E-state index contributed by atoms with van der Waals surface area (Å²) in [7, 11) is 1.59. The smallest absolute Gasteiger partial charge is 0.226 e. The summed E-state index contributed by atoms with van der Waals surface area (Å²) in [5, 5.41) is 7.02. The van der Waals surface area contributed by atoms with Crippen LogP contribution < -0.4 is 15.4 Å². The van der Waals surface area contributed by atoms with Gasteiger partial charge in [0.2, 0.25) is 5.91 Å². The maximum Gasteiger partial charge on any atom is 0.226 e. The summed E-state index contributed by atoms with van der Waals surface area (Å²) in [6.07, 6.45) is 4.10. The van der Waals surface area contributed by atoms with Crippen LogP contribution in [0.5, 0.6) is 5.75 Å². The molecule has 2 aromatic heterocycles. The molecule has 182 valence electrons. The third-order valence-electron chi connectivity index (χ3n) is 6.28. The predicted octanol–water partition coefficient (Wildman–Crippen LogP) is 4.88. The first-order chi connectivity index (χ1) is 17.7. The van der Waals surface area contributed by atoms with Crippen LogP contribution in [0.1, 0.15) is 29.9 Å². The van der Waals surface area contributed by atoms with E-state index in [9.17, 15) is 4.79 Å². The highest BCUT2D eigenvalue weighted by Gasteiger charge is 2.41. The second-order valence-electron chi connectivity index (χ2n) is 8.46. The molecule has 36 heavy (non-hydrogen) atoms. The van der Waals surface area contributed by atoms with Crippen LogP contribution >= 0.6 is 12.2 Å². The molecule has 0 aliphatic carbocycles. The number of amides is 1. The second kappa shape index (κ2) is 10.6. The van der Waals surface area contributed by atoms with Crippen molar-refractivity contribution < 1.29 is 9.53 Å². The Kier molecular flexibility index (Phi) is 6.95. The molecule has 1 aliphatic rings. The van der Waals surface area contributed by atoms with Gasteiger partial charge in [0.15, 0.2) is 5.11 Å². The van der Waals surface area contributed by atoms with Gasteiger partial charge < -0.3 is 24.8 Å². The van der Waals surface area contributed by atoms with Gasteiger partial charge in [-0.1, -0.05) is 36.4 Å². The van der Waals surface area contributed by atoms with Crippen LogP contribution in [-0.2, 0) is 4.79 Å². The Hall–Kier alpha value is -4.17. The largest absolute Gasteiger partial charge is 0.495 e. The first kappa shape index (κ1) is 23.6. The summed E-state index contributed by atoms with van der Waals surface area (Å²) in [5.41, 5.74) is 3.66. The number of carbonyl (C=O) groups is 1. The molecule has 0 bridgehead atoms. The summed E-state index contributed by atoms with van der Waals surface area (Å²) in [5.74, 6) is 0.513. The van der Waals surface area contributed by atoms with E-state index in [0.717, 1.165) is 17.1 Å².